The molecule has 0 unspecified atom stereocenters. The topological polar surface area (TPSA) is 50.5 Å². The van der Waals surface area contributed by atoms with E-state index in [-0.39, 0.29) is 12.1 Å². The summed E-state index contributed by atoms with van der Waals surface area (Å²) in [6.45, 7) is 1.23. The Morgan fingerprint density at radius 2 is 2.03 bits per heavy atom. The first-order valence-corrected chi connectivity index (χ1v) is 10.8. The SMILES string of the molecule is COCCN1C(=S)N[C@H](c2ccccn2)[C@@H]1c1ccc(Sc2ccc(Cl)cc2)o1. The molecule has 0 spiro atoms. The van der Waals surface area contributed by atoms with Crippen LogP contribution in [0.2, 0.25) is 5.02 Å². The number of methoxy groups -OCH3 is 1. The molecule has 1 saturated heterocycles. The normalized spacial score (nSPS) is 18.8. The van der Waals surface area contributed by atoms with Gasteiger partial charge in [0.1, 0.15) is 11.8 Å². The number of pyridine rings is 1. The monoisotopic (exact) mass is 445 g/mol. The summed E-state index contributed by atoms with van der Waals surface area (Å²) in [5, 5.41) is 5.60. The van der Waals surface area contributed by atoms with E-state index in [1.165, 1.54) is 0 Å². The fraction of sp³-hybridized carbons (Fsp3) is 0.238. The zero-order valence-electron chi connectivity index (χ0n) is 15.7. The molecule has 3 aromatic rings. The number of benzene rings is 1. The molecule has 1 N–H and O–H groups in total. The Morgan fingerprint density at radius 3 is 2.76 bits per heavy atom. The fourth-order valence-electron chi connectivity index (χ4n) is 3.31. The van der Waals surface area contributed by atoms with Crippen molar-refractivity contribution in [3.8, 4) is 0 Å². The lowest BCUT2D eigenvalue weighted by Gasteiger charge is -2.25. The average molecular weight is 446 g/mol. The quantitative estimate of drug-likeness (QED) is 0.508. The van der Waals surface area contributed by atoms with E-state index < -0.39 is 0 Å². The van der Waals surface area contributed by atoms with Gasteiger partial charge in [-0.3, -0.25) is 4.98 Å². The molecule has 4 rings (SSSR count). The molecule has 150 valence electrons. The molecule has 0 saturated carbocycles. The molecule has 1 aliphatic heterocycles. The van der Waals surface area contributed by atoms with Crippen LogP contribution in [0.1, 0.15) is 23.5 Å². The van der Waals surface area contributed by atoms with E-state index in [1.54, 1.807) is 25.1 Å². The van der Waals surface area contributed by atoms with Crippen molar-refractivity contribution in [2.75, 3.05) is 20.3 Å². The Balaban J connectivity index is 1.62. The molecule has 0 aliphatic carbocycles. The van der Waals surface area contributed by atoms with Crippen molar-refractivity contribution < 1.29 is 9.15 Å². The Kier molecular flexibility index (Phi) is 6.40. The third-order valence-electron chi connectivity index (χ3n) is 4.66. The van der Waals surface area contributed by atoms with E-state index in [1.807, 2.05) is 54.6 Å². The van der Waals surface area contributed by atoms with Gasteiger partial charge in [0, 0.05) is 29.8 Å². The van der Waals surface area contributed by atoms with Crippen LogP contribution in [0.4, 0.5) is 0 Å². The molecule has 2 atom stereocenters. The summed E-state index contributed by atoms with van der Waals surface area (Å²) < 4.78 is 11.5. The summed E-state index contributed by atoms with van der Waals surface area (Å²) in [6, 6.07) is 17.4. The molecule has 1 aliphatic rings. The largest absolute Gasteiger partial charge is 0.452 e. The fourth-order valence-corrected chi connectivity index (χ4v) is 4.55. The second-order valence-electron chi connectivity index (χ2n) is 6.53. The number of thiocarbonyl (C=S) groups is 1. The number of hydrogen-bond donors (Lipinski definition) is 1. The second-order valence-corrected chi connectivity index (χ2v) is 8.43. The van der Waals surface area contributed by atoms with Crippen LogP contribution in [0.15, 0.2) is 75.2 Å². The number of furan rings is 1. The van der Waals surface area contributed by atoms with Gasteiger partial charge in [-0.1, -0.05) is 29.4 Å². The van der Waals surface area contributed by atoms with Crippen molar-refractivity contribution in [2.24, 2.45) is 0 Å². The van der Waals surface area contributed by atoms with Crippen molar-refractivity contribution in [3.63, 3.8) is 0 Å². The van der Waals surface area contributed by atoms with Gasteiger partial charge in [0.15, 0.2) is 10.2 Å². The number of hydrogen-bond acceptors (Lipinski definition) is 5. The van der Waals surface area contributed by atoms with Crippen LogP contribution in [0, 0.1) is 0 Å². The van der Waals surface area contributed by atoms with Crippen LogP contribution in [0.25, 0.3) is 0 Å². The van der Waals surface area contributed by atoms with Gasteiger partial charge in [-0.15, -0.1) is 0 Å². The highest BCUT2D eigenvalue weighted by atomic mass is 35.5. The number of rotatable bonds is 7. The smallest absolute Gasteiger partial charge is 0.170 e. The Hall–Kier alpha value is -2.06. The van der Waals surface area contributed by atoms with E-state index in [4.69, 9.17) is 33.0 Å². The third kappa shape index (κ3) is 4.59. The van der Waals surface area contributed by atoms with Gasteiger partial charge in [0.2, 0.25) is 0 Å². The summed E-state index contributed by atoms with van der Waals surface area (Å²) in [7, 11) is 1.69. The number of halogens is 1. The van der Waals surface area contributed by atoms with E-state index >= 15 is 0 Å². The standard InChI is InChI=1S/C21H20ClN3O2S2/c1-26-13-12-25-20(19(24-21(25)28)16-4-2-3-11-23-16)17-9-10-18(27-17)29-15-7-5-14(22)6-8-15/h2-11,19-20H,12-13H2,1H3,(H,24,28)/t19-,20+/m1/s1. The highest BCUT2D eigenvalue weighted by Crippen LogP contribution is 2.41. The van der Waals surface area contributed by atoms with Crippen molar-refractivity contribution in [3.05, 3.63) is 77.3 Å². The third-order valence-corrected chi connectivity index (χ3v) is 6.19. The number of nitrogens with one attached hydrogen (secondary N) is 1. The molecule has 3 heterocycles. The van der Waals surface area contributed by atoms with E-state index in [0.717, 1.165) is 21.4 Å². The van der Waals surface area contributed by atoms with Gasteiger partial charge in [0.05, 0.1) is 18.3 Å². The Morgan fingerprint density at radius 1 is 1.21 bits per heavy atom. The summed E-state index contributed by atoms with van der Waals surface area (Å²) >= 11 is 13.1. The highest BCUT2D eigenvalue weighted by Gasteiger charge is 2.41. The van der Waals surface area contributed by atoms with E-state index in [0.29, 0.717) is 23.3 Å². The van der Waals surface area contributed by atoms with Crippen molar-refractivity contribution >= 4 is 40.7 Å². The first-order valence-electron chi connectivity index (χ1n) is 9.16. The molecule has 1 fully saturated rings. The molecule has 2 aromatic heterocycles. The van der Waals surface area contributed by atoms with Crippen molar-refractivity contribution in [2.45, 2.75) is 22.1 Å². The second kappa shape index (κ2) is 9.17. The highest BCUT2D eigenvalue weighted by molar-refractivity contribution is 7.99. The molecule has 1 aromatic carbocycles. The summed E-state index contributed by atoms with van der Waals surface area (Å²) in [4.78, 5) is 7.70. The van der Waals surface area contributed by atoms with Crippen LogP contribution in [0.5, 0.6) is 0 Å². The minimum atomic E-state index is -0.105. The number of aromatic nitrogens is 1. The van der Waals surface area contributed by atoms with Gasteiger partial charge < -0.3 is 19.4 Å². The zero-order valence-corrected chi connectivity index (χ0v) is 18.1. The molecular formula is C21H20ClN3O2S2. The molecule has 0 radical (unpaired) electrons. The van der Waals surface area contributed by atoms with Gasteiger partial charge in [-0.2, -0.15) is 0 Å². The predicted molar refractivity (Wildman–Crippen MR) is 118 cm³/mol. The summed E-state index contributed by atoms with van der Waals surface area (Å²) in [5.74, 6) is 0.834. The maximum absolute atomic E-state index is 6.23. The average Bonchev–Trinajstić information content (AvgIpc) is 3.32. The Labute approximate surface area is 184 Å². The van der Waals surface area contributed by atoms with Gasteiger partial charge >= 0.3 is 0 Å². The zero-order chi connectivity index (χ0) is 20.2. The van der Waals surface area contributed by atoms with Gasteiger partial charge in [-0.25, -0.2) is 0 Å². The molecule has 0 bridgehead atoms. The van der Waals surface area contributed by atoms with Crippen LogP contribution in [-0.4, -0.2) is 35.3 Å². The van der Waals surface area contributed by atoms with Crippen LogP contribution < -0.4 is 5.32 Å². The van der Waals surface area contributed by atoms with Crippen LogP contribution in [-0.2, 0) is 4.74 Å². The Bertz CT molecular complexity index is 966. The maximum atomic E-state index is 6.23. The molecule has 0 amide bonds. The van der Waals surface area contributed by atoms with Crippen LogP contribution >= 0.6 is 35.6 Å². The molecule has 8 heteroatoms. The van der Waals surface area contributed by atoms with Gasteiger partial charge in [0.25, 0.3) is 0 Å². The van der Waals surface area contributed by atoms with E-state index in [2.05, 4.69) is 15.2 Å². The van der Waals surface area contributed by atoms with E-state index in [9.17, 15) is 0 Å². The first-order chi connectivity index (χ1) is 14.2. The number of nitrogens with zero attached hydrogens (tertiary/aromatic N) is 2. The van der Waals surface area contributed by atoms with Crippen LogP contribution in [0.3, 0.4) is 0 Å². The van der Waals surface area contributed by atoms with Crippen molar-refractivity contribution in [1.82, 2.24) is 15.2 Å². The molecule has 29 heavy (non-hydrogen) atoms. The summed E-state index contributed by atoms with van der Waals surface area (Å²) in [5.41, 5.74) is 0.920. The molecular weight excluding hydrogens is 426 g/mol. The summed E-state index contributed by atoms with van der Waals surface area (Å²) in [6.07, 6.45) is 1.79. The minimum Gasteiger partial charge on any atom is -0.452 e. The van der Waals surface area contributed by atoms with Gasteiger partial charge in [-0.05, 0) is 60.7 Å². The first kappa shape index (κ1) is 20.2. The maximum Gasteiger partial charge on any atom is 0.170 e. The lowest BCUT2D eigenvalue weighted by Crippen LogP contribution is -2.32. The minimum absolute atomic E-state index is 0.0971. The lowest BCUT2D eigenvalue weighted by atomic mass is 10.0. The lowest BCUT2D eigenvalue weighted by molar-refractivity contribution is 0.156. The molecule has 5 nitrogen and oxygen atoms in total. The number of ether oxygens (including phenoxy) is 1. The predicted octanol–water partition coefficient (Wildman–Crippen LogP) is 5.10. The van der Waals surface area contributed by atoms with Crippen molar-refractivity contribution in [1.29, 1.82) is 0 Å².